The van der Waals surface area contributed by atoms with Crippen molar-refractivity contribution in [2.45, 2.75) is 41.5 Å². The number of fused-ring (bicyclic) bond motifs is 3. The predicted octanol–water partition coefficient (Wildman–Crippen LogP) is 4.07. The van der Waals surface area contributed by atoms with Crippen LogP contribution in [0.15, 0.2) is 76.8 Å². The van der Waals surface area contributed by atoms with Crippen LogP contribution in [-0.4, -0.2) is 64.4 Å². The molecule has 0 spiro atoms. The summed E-state index contributed by atoms with van der Waals surface area (Å²) >= 11 is 1.52. The smallest absolute Gasteiger partial charge is 0.345 e. The van der Waals surface area contributed by atoms with Crippen molar-refractivity contribution in [3.8, 4) is 11.5 Å². The van der Waals surface area contributed by atoms with Crippen molar-refractivity contribution in [3.63, 3.8) is 0 Å². The minimum Gasteiger partial charge on any atom is -0.455 e. The summed E-state index contributed by atoms with van der Waals surface area (Å²) in [7, 11) is 0. The lowest BCUT2D eigenvalue weighted by Crippen LogP contribution is -2.48. The zero-order chi connectivity index (χ0) is 29.2. The summed E-state index contributed by atoms with van der Waals surface area (Å²) in [5.74, 6) is -0.441. The molecule has 4 aromatic rings. The van der Waals surface area contributed by atoms with E-state index >= 15 is 0 Å². The number of carbonyl (C=O) groups is 3. The molecule has 216 valence electrons. The van der Waals surface area contributed by atoms with Crippen LogP contribution in [0.1, 0.15) is 22.3 Å². The highest BCUT2D eigenvalue weighted by Gasteiger charge is 2.41. The Morgan fingerprint density at radius 2 is 1.93 bits per heavy atom. The number of hydrogen-bond donors (Lipinski definition) is 3. The van der Waals surface area contributed by atoms with Gasteiger partial charge >= 0.3 is 6.61 Å². The van der Waals surface area contributed by atoms with Gasteiger partial charge in [0.1, 0.15) is 17.5 Å². The molecule has 1 saturated heterocycles. The maximum atomic E-state index is 13.1. The Kier molecular flexibility index (Phi) is 7.76. The molecule has 0 unspecified atom stereocenters. The van der Waals surface area contributed by atoms with Gasteiger partial charge in [0.05, 0.1) is 33.5 Å². The first-order valence-electron chi connectivity index (χ1n) is 13.1. The number of para-hydroxylation sites is 1. The molecule has 1 fully saturated rings. The quantitative estimate of drug-likeness (QED) is 0.248. The molecule has 0 aliphatic carbocycles. The summed E-state index contributed by atoms with van der Waals surface area (Å²) in [6.45, 7) is -3.58. The third-order valence-electron chi connectivity index (χ3n) is 7.00. The first-order valence-corrected chi connectivity index (χ1v) is 14.0. The number of ether oxygens (including phenoxy) is 2. The highest BCUT2D eigenvalue weighted by Crippen LogP contribution is 2.46. The van der Waals surface area contributed by atoms with E-state index in [1.807, 2.05) is 36.4 Å². The van der Waals surface area contributed by atoms with E-state index < -0.39 is 43.0 Å². The molecular weight excluding hydrogens is 568 g/mol. The van der Waals surface area contributed by atoms with Gasteiger partial charge in [0.2, 0.25) is 11.8 Å². The van der Waals surface area contributed by atoms with Gasteiger partial charge in [-0.1, -0.05) is 23.9 Å². The van der Waals surface area contributed by atoms with Gasteiger partial charge in [0, 0.05) is 37.5 Å². The van der Waals surface area contributed by atoms with Crippen molar-refractivity contribution < 1.29 is 32.6 Å². The van der Waals surface area contributed by atoms with Gasteiger partial charge in [-0.05, 0) is 48.0 Å². The number of H-pyrrole nitrogens is 1. The van der Waals surface area contributed by atoms with Crippen molar-refractivity contribution in [1.29, 1.82) is 0 Å². The Morgan fingerprint density at radius 1 is 1.10 bits per heavy atom. The minimum atomic E-state index is -3.05. The second kappa shape index (κ2) is 11.8. The summed E-state index contributed by atoms with van der Waals surface area (Å²) in [6.07, 6.45) is 2.23. The van der Waals surface area contributed by atoms with E-state index in [0.29, 0.717) is 11.5 Å². The third kappa shape index (κ3) is 5.92. The van der Waals surface area contributed by atoms with Crippen LogP contribution in [0.5, 0.6) is 11.5 Å². The first-order chi connectivity index (χ1) is 20.3. The summed E-state index contributed by atoms with van der Waals surface area (Å²) in [6, 6.07) is 15.1. The van der Waals surface area contributed by atoms with E-state index in [0.717, 1.165) is 26.4 Å². The molecule has 13 heteroatoms. The normalized spacial score (nSPS) is 17.5. The molecule has 6 rings (SSSR count). The summed E-state index contributed by atoms with van der Waals surface area (Å²) in [5.41, 5.74) is 2.58. The first kappa shape index (κ1) is 27.7. The fourth-order valence-corrected chi connectivity index (χ4v) is 5.91. The average molecular weight is 594 g/mol. The average Bonchev–Trinajstić information content (AvgIpc) is 3.63. The van der Waals surface area contributed by atoms with Crippen LogP contribution in [0.3, 0.4) is 0 Å². The molecule has 2 atom stereocenters. The standard InChI is InChI=1S/C29H25F2N5O5S/c30-29(31)40-18-11-21(28(39)34-13-16-9-20-19(33-12-16)7-8-32-20)36(15-18)26(37)14-35-27(38)17-5-6-25-23(10-17)41-22-3-1-2-4-24(22)42-25/h1-10,12,18,21,29,32H,11,13-15H2,(H,34,39)(H,35,38)/t18-,21+/m1/s1. The number of likely N-dealkylation sites (tertiary alicyclic amines) is 1. The molecule has 2 aliphatic rings. The van der Waals surface area contributed by atoms with Crippen LogP contribution in [0, 0.1) is 0 Å². The summed E-state index contributed by atoms with van der Waals surface area (Å²) < 4.78 is 36.5. The molecule has 10 nitrogen and oxygen atoms in total. The highest BCUT2D eigenvalue weighted by atomic mass is 32.2. The van der Waals surface area contributed by atoms with E-state index in [-0.39, 0.29) is 25.1 Å². The van der Waals surface area contributed by atoms with Gasteiger partial charge in [-0.3, -0.25) is 19.4 Å². The van der Waals surface area contributed by atoms with Gasteiger partial charge in [0.25, 0.3) is 5.91 Å². The molecule has 3 amide bonds. The van der Waals surface area contributed by atoms with Crippen molar-refractivity contribution >= 4 is 40.5 Å². The van der Waals surface area contributed by atoms with E-state index in [2.05, 4.69) is 25.3 Å². The van der Waals surface area contributed by atoms with Crippen molar-refractivity contribution in [2.75, 3.05) is 13.1 Å². The van der Waals surface area contributed by atoms with E-state index in [4.69, 9.17) is 4.74 Å². The van der Waals surface area contributed by atoms with Crippen molar-refractivity contribution in [2.24, 2.45) is 0 Å². The summed E-state index contributed by atoms with van der Waals surface area (Å²) in [5, 5.41) is 5.31. The molecule has 2 aliphatic heterocycles. The molecule has 2 aromatic heterocycles. The predicted molar refractivity (Wildman–Crippen MR) is 148 cm³/mol. The fourth-order valence-electron chi connectivity index (χ4n) is 4.98. The Bertz CT molecular complexity index is 1660. The molecular formula is C29H25F2N5O5S. The lowest BCUT2D eigenvalue weighted by atomic mass is 10.1. The van der Waals surface area contributed by atoms with Crippen LogP contribution in [0.2, 0.25) is 0 Å². The molecule has 4 heterocycles. The highest BCUT2D eigenvalue weighted by molar-refractivity contribution is 7.99. The lowest BCUT2D eigenvalue weighted by molar-refractivity contribution is -0.160. The topological polar surface area (TPSA) is 126 Å². The SMILES string of the molecule is O=C(NCC(=O)N1C[C@H](OC(F)F)C[C@H]1C(=O)NCc1cnc2cc[nH]c2c1)c1ccc2c(c1)Oc1ccccc1S2. The number of nitrogens with zero attached hydrogens (tertiary/aromatic N) is 2. The van der Waals surface area contributed by atoms with Gasteiger partial charge in [-0.15, -0.1) is 0 Å². The van der Waals surface area contributed by atoms with Crippen LogP contribution >= 0.6 is 11.8 Å². The van der Waals surface area contributed by atoms with E-state index in [1.54, 1.807) is 30.6 Å². The number of nitrogens with one attached hydrogen (secondary N) is 3. The zero-order valence-corrected chi connectivity index (χ0v) is 22.8. The molecule has 2 aromatic carbocycles. The Labute approximate surface area is 242 Å². The molecule has 0 bridgehead atoms. The number of pyridine rings is 1. The zero-order valence-electron chi connectivity index (χ0n) is 22.0. The monoisotopic (exact) mass is 593 g/mol. The van der Waals surface area contributed by atoms with Crippen molar-refractivity contribution in [1.82, 2.24) is 25.5 Å². The fraction of sp³-hybridized carbons (Fsp3) is 0.241. The number of carbonyl (C=O) groups excluding carboxylic acids is 3. The number of benzene rings is 2. The number of hydrogen-bond acceptors (Lipinski definition) is 7. The second-order valence-electron chi connectivity index (χ2n) is 9.78. The molecule has 3 N–H and O–H groups in total. The minimum absolute atomic E-state index is 0.106. The maximum Gasteiger partial charge on any atom is 0.345 e. The number of aromatic nitrogens is 2. The van der Waals surface area contributed by atoms with Crippen LogP contribution in [0.25, 0.3) is 11.0 Å². The Balaban J connectivity index is 1.09. The lowest BCUT2D eigenvalue weighted by Gasteiger charge is -2.24. The van der Waals surface area contributed by atoms with Gasteiger partial charge < -0.3 is 30.0 Å². The van der Waals surface area contributed by atoms with Crippen LogP contribution in [-0.2, 0) is 20.9 Å². The van der Waals surface area contributed by atoms with Crippen LogP contribution < -0.4 is 15.4 Å². The van der Waals surface area contributed by atoms with Crippen molar-refractivity contribution in [3.05, 3.63) is 78.1 Å². The third-order valence-corrected chi connectivity index (χ3v) is 8.11. The number of rotatable bonds is 8. The maximum absolute atomic E-state index is 13.1. The molecule has 42 heavy (non-hydrogen) atoms. The Morgan fingerprint density at radius 3 is 2.79 bits per heavy atom. The second-order valence-corrected chi connectivity index (χ2v) is 10.9. The number of alkyl halides is 2. The van der Waals surface area contributed by atoms with E-state index in [9.17, 15) is 23.2 Å². The van der Waals surface area contributed by atoms with E-state index in [1.165, 1.54) is 16.7 Å². The number of aromatic amines is 1. The number of amides is 3. The number of halogens is 2. The largest absolute Gasteiger partial charge is 0.455 e. The molecule has 0 radical (unpaired) electrons. The molecule has 0 saturated carbocycles. The summed E-state index contributed by atoms with van der Waals surface area (Å²) in [4.78, 5) is 49.4. The Hall–Kier alpha value is -4.49. The van der Waals surface area contributed by atoms with Gasteiger partial charge in [-0.2, -0.15) is 8.78 Å². The van der Waals surface area contributed by atoms with Gasteiger partial charge in [-0.25, -0.2) is 0 Å². The van der Waals surface area contributed by atoms with Gasteiger partial charge in [0.15, 0.2) is 0 Å². The van der Waals surface area contributed by atoms with Crippen LogP contribution in [0.4, 0.5) is 8.78 Å².